The number of esters is 1. The smallest absolute Gasteiger partial charge is 0.320 e. The highest BCUT2D eigenvalue weighted by Gasteiger charge is 2.22. The van der Waals surface area contributed by atoms with Crippen LogP contribution in [0.1, 0.15) is 97.8 Å². The van der Waals surface area contributed by atoms with Gasteiger partial charge in [-0.3, -0.25) is 9.59 Å². The van der Waals surface area contributed by atoms with Crippen molar-refractivity contribution < 1.29 is 19.4 Å². The molecule has 5 heteroatoms. The number of unbranched alkanes of at least 4 members (excludes halogenated alkanes) is 9. The molecule has 0 saturated heterocycles. The van der Waals surface area contributed by atoms with Gasteiger partial charge in [0.05, 0.1) is 13.0 Å². The fourth-order valence-corrected chi connectivity index (χ4v) is 2.94. The SMILES string of the molecule is CCCCCCCCCCCCOC(=O)CCNC(C(=O)O)C(C)CC. The van der Waals surface area contributed by atoms with Gasteiger partial charge in [-0.15, -0.1) is 0 Å². The Morgan fingerprint density at radius 2 is 1.46 bits per heavy atom. The van der Waals surface area contributed by atoms with Crippen molar-refractivity contribution in [2.75, 3.05) is 13.2 Å². The van der Waals surface area contributed by atoms with Crippen molar-refractivity contribution in [2.45, 2.75) is 104 Å². The molecule has 2 atom stereocenters. The Morgan fingerprint density at radius 1 is 0.923 bits per heavy atom. The zero-order chi connectivity index (χ0) is 19.6. The molecule has 0 aromatic rings. The van der Waals surface area contributed by atoms with E-state index in [9.17, 15) is 14.7 Å². The summed E-state index contributed by atoms with van der Waals surface area (Å²) in [6.45, 7) is 6.92. The quantitative estimate of drug-likeness (QED) is 0.264. The summed E-state index contributed by atoms with van der Waals surface area (Å²) in [5.74, 6) is -1.07. The number of aliphatic carboxylic acids is 1. The van der Waals surface area contributed by atoms with E-state index in [2.05, 4.69) is 12.2 Å². The summed E-state index contributed by atoms with van der Waals surface area (Å²) in [7, 11) is 0. The van der Waals surface area contributed by atoms with Crippen LogP contribution in [0.4, 0.5) is 0 Å². The fourth-order valence-electron chi connectivity index (χ4n) is 2.94. The van der Waals surface area contributed by atoms with Crippen LogP contribution in [-0.2, 0) is 14.3 Å². The van der Waals surface area contributed by atoms with E-state index in [4.69, 9.17) is 4.74 Å². The Labute approximate surface area is 160 Å². The Balaban J connectivity index is 3.50. The zero-order valence-corrected chi connectivity index (χ0v) is 17.2. The molecule has 0 amide bonds. The van der Waals surface area contributed by atoms with Gasteiger partial charge in [-0.1, -0.05) is 85.0 Å². The molecule has 0 radical (unpaired) electrons. The molecule has 154 valence electrons. The van der Waals surface area contributed by atoms with Gasteiger partial charge >= 0.3 is 11.9 Å². The number of carboxylic acids is 1. The average Bonchev–Trinajstić information content (AvgIpc) is 2.62. The summed E-state index contributed by atoms with van der Waals surface area (Å²) < 4.78 is 5.22. The average molecular weight is 372 g/mol. The van der Waals surface area contributed by atoms with Crippen LogP contribution >= 0.6 is 0 Å². The summed E-state index contributed by atoms with van der Waals surface area (Å²) in [6, 6.07) is -0.602. The van der Waals surface area contributed by atoms with Crippen LogP contribution in [-0.4, -0.2) is 36.2 Å². The van der Waals surface area contributed by atoms with E-state index in [1.54, 1.807) is 0 Å². The molecule has 0 aliphatic carbocycles. The van der Waals surface area contributed by atoms with E-state index in [1.807, 2.05) is 13.8 Å². The predicted molar refractivity (Wildman–Crippen MR) is 106 cm³/mol. The first-order valence-corrected chi connectivity index (χ1v) is 10.6. The highest BCUT2D eigenvalue weighted by atomic mass is 16.5. The Morgan fingerprint density at radius 3 is 1.96 bits per heavy atom. The molecule has 2 unspecified atom stereocenters. The molecule has 0 heterocycles. The molecule has 0 spiro atoms. The number of carboxylic acid groups (broad SMARTS) is 1. The third-order valence-electron chi connectivity index (χ3n) is 4.93. The molecule has 0 rings (SSSR count). The molecular weight excluding hydrogens is 330 g/mol. The first-order valence-electron chi connectivity index (χ1n) is 10.6. The second-order valence-electron chi connectivity index (χ2n) is 7.31. The minimum atomic E-state index is -0.863. The molecule has 5 nitrogen and oxygen atoms in total. The van der Waals surface area contributed by atoms with Crippen LogP contribution in [0.3, 0.4) is 0 Å². The highest BCUT2D eigenvalue weighted by molar-refractivity contribution is 5.74. The maximum atomic E-state index is 11.7. The minimum Gasteiger partial charge on any atom is -0.480 e. The van der Waals surface area contributed by atoms with Crippen molar-refractivity contribution in [1.82, 2.24) is 5.32 Å². The van der Waals surface area contributed by atoms with Gasteiger partial charge in [-0.25, -0.2) is 0 Å². The highest BCUT2D eigenvalue weighted by Crippen LogP contribution is 2.11. The normalized spacial score (nSPS) is 13.3. The Hall–Kier alpha value is -1.10. The standard InChI is InChI=1S/C21H41NO4/c1-4-6-7-8-9-10-11-12-13-14-17-26-19(23)15-16-22-20(21(24)25)18(3)5-2/h18,20,22H,4-17H2,1-3H3,(H,24,25). The molecule has 2 N–H and O–H groups in total. The second kappa shape index (κ2) is 17.3. The minimum absolute atomic E-state index is 0.0372. The number of nitrogens with one attached hydrogen (secondary N) is 1. The van der Waals surface area contributed by atoms with Crippen LogP contribution in [0, 0.1) is 5.92 Å². The third kappa shape index (κ3) is 14.1. The molecular formula is C21H41NO4. The van der Waals surface area contributed by atoms with E-state index in [0.29, 0.717) is 13.2 Å². The topological polar surface area (TPSA) is 75.6 Å². The van der Waals surface area contributed by atoms with E-state index >= 15 is 0 Å². The molecule has 0 bridgehead atoms. The molecule has 0 fully saturated rings. The Kier molecular flexibility index (Phi) is 16.6. The maximum absolute atomic E-state index is 11.7. The monoisotopic (exact) mass is 371 g/mol. The predicted octanol–water partition coefficient (Wildman–Crippen LogP) is 4.93. The number of rotatable bonds is 18. The van der Waals surface area contributed by atoms with Crippen molar-refractivity contribution in [2.24, 2.45) is 5.92 Å². The number of carbonyl (C=O) groups is 2. The summed E-state index contributed by atoms with van der Waals surface area (Å²) in [5.41, 5.74) is 0. The maximum Gasteiger partial charge on any atom is 0.320 e. The van der Waals surface area contributed by atoms with Crippen LogP contribution < -0.4 is 5.32 Å². The van der Waals surface area contributed by atoms with Crippen LogP contribution in [0.5, 0.6) is 0 Å². The molecule has 0 saturated carbocycles. The fraction of sp³-hybridized carbons (Fsp3) is 0.905. The lowest BCUT2D eigenvalue weighted by Gasteiger charge is -2.19. The number of ether oxygens (including phenoxy) is 1. The van der Waals surface area contributed by atoms with Crippen molar-refractivity contribution in [3.63, 3.8) is 0 Å². The van der Waals surface area contributed by atoms with Crippen molar-refractivity contribution >= 4 is 11.9 Å². The number of carbonyl (C=O) groups excluding carboxylic acids is 1. The largest absolute Gasteiger partial charge is 0.480 e. The van der Waals surface area contributed by atoms with Gasteiger partial charge in [0.15, 0.2) is 0 Å². The van der Waals surface area contributed by atoms with Crippen LogP contribution in [0.15, 0.2) is 0 Å². The second-order valence-corrected chi connectivity index (χ2v) is 7.31. The summed E-state index contributed by atoms with van der Waals surface area (Å²) >= 11 is 0. The lowest BCUT2D eigenvalue weighted by Crippen LogP contribution is -2.42. The molecule has 0 aliphatic heterocycles. The van der Waals surface area contributed by atoms with Gasteiger partial charge < -0.3 is 15.2 Å². The van der Waals surface area contributed by atoms with Gasteiger partial charge in [0, 0.05) is 6.54 Å². The van der Waals surface area contributed by atoms with E-state index < -0.39 is 12.0 Å². The van der Waals surface area contributed by atoms with Gasteiger partial charge in [0.25, 0.3) is 0 Å². The first kappa shape index (κ1) is 24.9. The van der Waals surface area contributed by atoms with E-state index in [0.717, 1.165) is 19.3 Å². The number of hydrogen-bond acceptors (Lipinski definition) is 4. The van der Waals surface area contributed by atoms with Crippen molar-refractivity contribution in [1.29, 1.82) is 0 Å². The summed E-state index contributed by atoms with van der Waals surface area (Å²) in [4.78, 5) is 22.9. The van der Waals surface area contributed by atoms with Gasteiger partial charge in [-0.05, 0) is 12.3 Å². The molecule has 0 aromatic heterocycles. The van der Waals surface area contributed by atoms with Crippen molar-refractivity contribution in [3.8, 4) is 0 Å². The van der Waals surface area contributed by atoms with E-state index in [-0.39, 0.29) is 18.3 Å². The number of hydrogen-bond donors (Lipinski definition) is 2. The van der Waals surface area contributed by atoms with Gasteiger partial charge in [-0.2, -0.15) is 0 Å². The summed E-state index contributed by atoms with van der Waals surface area (Å²) in [5, 5.41) is 12.1. The van der Waals surface area contributed by atoms with Crippen LogP contribution in [0.2, 0.25) is 0 Å². The lowest BCUT2D eigenvalue weighted by molar-refractivity contribution is -0.145. The van der Waals surface area contributed by atoms with Crippen molar-refractivity contribution in [3.05, 3.63) is 0 Å². The van der Waals surface area contributed by atoms with Gasteiger partial charge in [0.2, 0.25) is 0 Å². The van der Waals surface area contributed by atoms with Crippen LogP contribution in [0.25, 0.3) is 0 Å². The zero-order valence-electron chi connectivity index (χ0n) is 17.2. The van der Waals surface area contributed by atoms with Gasteiger partial charge in [0.1, 0.15) is 6.04 Å². The molecule has 0 aliphatic rings. The third-order valence-corrected chi connectivity index (χ3v) is 4.93. The first-order chi connectivity index (χ1) is 12.5. The summed E-state index contributed by atoms with van der Waals surface area (Å²) in [6.07, 6.45) is 13.6. The molecule has 0 aromatic carbocycles. The lowest BCUT2D eigenvalue weighted by atomic mass is 9.99. The molecule has 26 heavy (non-hydrogen) atoms. The Bertz CT molecular complexity index is 360. The van der Waals surface area contributed by atoms with E-state index in [1.165, 1.54) is 51.4 Å².